The Morgan fingerprint density at radius 1 is 1.35 bits per heavy atom. The summed E-state index contributed by atoms with van der Waals surface area (Å²) in [5.41, 5.74) is 3.68. The molecule has 1 aromatic rings. The first-order chi connectivity index (χ1) is 7.93. The van der Waals surface area contributed by atoms with Crippen LogP contribution in [0.15, 0.2) is 6.07 Å². The Morgan fingerprint density at radius 2 is 1.94 bits per heavy atom. The van der Waals surface area contributed by atoms with Gasteiger partial charge in [0.25, 0.3) is 0 Å². The first kappa shape index (κ1) is 13.5. The first-order valence-electron chi connectivity index (χ1n) is 5.48. The van der Waals surface area contributed by atoms with Gasteiger partial charge in [-0.15, -0.1) is 0 Å². The van der Waals surface area contributed by atoms with E-state index in [1.165, 1.54) is 0 Å². The molecule has 0 aliphatic carbocycles. The van der Waals surface area contributed by atoms with E-state index in [1.807, 2.05) is 26.8 Å². The predicted molar refractivity (Wildman–Crippen MR) is 66.6 cm³/mol. The van der Waals surface area contributed by atoms with Crippen LogP contribution in [0, 0.1) is 20.8 Å². The second-order valence-electron chi connectivity index (χ2n) is 4.13. The molecule has 1 rings (SSSR count). The lowest BCUT2D eigenvalue weighted by atomic mass is 9.94. The van der Waals surface area contributed by atoms with Crippen molar-refractivity contribution in [2.24, 2.45) is 0 Å². The predicted octanol–water partition coefficient (Wildman–Crippen LogP) is 1.97. The highest BCUT2D eigenvalue weighted by atomic mass is 16.5. The monoisotopic (exact) mass is 237 g/mol. The van der Waals surface area contributed by atoms with Crippen LogP contribution in [0.3, 0.4) is 0 Å². The van der Waals surface area contributed by atoms with Gasteiger partial charge in [-0.2, -0.15) is 0 Å². The molecule has 1 aromatic carbocycles. The Kier molecular flexibility index (Phi) is 4.12. The number of carbonyl (C=O) groups is 1. The van der Waals surface area contributed by atoms with Crippen molar-refractivity contribution >= 4 is 5.97 Å². The highest BCUT2D eigenvalue weighted by Gasteiger charge is 2.22. The number of hydrogen-bond acceptors (Lipinski definition) is 3. The maximum atomic E-state index is 11.2. The number of nitrogens with one attached hydrogen (secondary N) is 1. The maximum Gasteiger partial charge on any atom is 0.325 e. The topological polar surface area (TPSA) is 58.6 Å². The van der Waals surface area contributed by atoms with Crippen molar-refractivity contribution < 1.29 is 14.6 Å². The summed E-state index contributed by atoms with van der Waals surface area (Å²) in [7, 11) is 3.27. The summed E-state index contributed by atoms with van der Waals surface area (Å²) in [5, 5.41) is 12.0. The Balaban J connectivity index is 3.41. The first-order valence-corrected chi connectivity index (χ1v) is 5.48. The van der Waals surface area contributed by atoms with Gasteiger partial charge in [-0.3, -0.25) is 4.79 Å². The van der Waals surface area contributed by atoms with Crippen molar-refractivity contribution in [2.75, 3.05) is 14.2 Å². The molecule has 4 nitrogen and oxygen atoms in total. The van der Waals surface area contributed by atoms with Gasteiger partial charge in [-0.25, -0.2) is 0 Å². The van der Waals surface area contributed by atoms with E-state index in [9.17, 15) is 4.79 Å². The molecule has 0 aliphatic heterocycles. The van der Waals surface area contributed by atoms with E-state index in [2.05, 4.69) is 5.32 Å². The number of likely N-dealkylation sites (N-methyl/N-ethyl adjacent to an activating group) is 1. The smallest absolute Gasteiger partial charge is 0.325 e. The molecule has 0 amide bonds. The maximum absolute atomic E-state index is 11.2. The molecule has 2 N–H and O–H groups in total. The van der Waals surface area contributed by atoms with Gasteiger partial charge in [0, 0.05) is 0 Å². The lowest BCUT2D eigenvalue weighted by Gasteiger charge is -2.19. The van der Waals surface area contributed by atoms with Gasteiger partial charge in [0.2, 0.25) is 0 Å². The van der Waals surface area contributed by atoms with Gasteiger partial charge < -0.3 is 15.2 Å². The molecular weight excluding hydrogens is 218 g/mol. The SMILES string of the molecule is CNC(C(=O)O)c1cc(C)c(OC)c(C)c1C. The number of hydrogen-bond donors (Lipinski definition) is 2. The van der Waals surface area contributed by atoms with E-state index in [1.54, 1.807) is 14.2 Å². The summed E-state index contributed by atoms with van der Waals surface area (Å²) in [6.45, 7) is 5.78. The van der Waals surface area contributed by atoms with Crippen molar-refractivity contribution in [3.05, 3.63) is 28.3 Å². The van der Waals surface area contributed by atoms with Gasteiger partial charge >= 0.3 is 5.97 Å². The quantitative estimate of drug-likeness (QED) is 0.840. The van der Waals surface area contributed by atoms with Crippen molar-refractivity contribution in [3.8, 4) is 5.75 Å². The number of benzene rings is 1. The molecule has 0 aliphatic rings. The molecule has 4 heteroatoms. The Bertz CT molecular complexity index is 441. The molecule has 0 aromatic heterocycles. The van der Waals surface area contributed by atoms with Crippen LogP contribution in [0.4, 0.5) is 0 Å². The minimum atomic E-state index is -0.875. The zero-order valence-corrected chi connectivity index (χ0v) is 10.9. The summed E-state index contributed by atoms with van der Waals surface area (Å²) < 4.78 is 5.32. The highest BCUT2D eigenvalue weighted by molar-refractivity contribution is 5.76. The van der Waals surface area contributed by atoms with E-state index >= 15 is 0 Å². The summed E-state index contributed by atoms with van der Waals surface area (Å²) in [6, 6.07) is 1.19. The zero-order valence-electron chi connectivity index (χ0n) is 10.9. The van der Waals surface area contributed by atoms with Crippen LogP contribution in [0.5, 0.6) is 5.75 Å². The fourth-order valence-corrected chi connectivity index (χ4v) is 2.12. The highest BCUT2D eigenvalue weighted by Crippen LogP contribution is 2.31. The molecule has 1 unspecified atom stereocenters. The minimum absolute atomic E-state index is 0.682. The second kappa shape index (κ2) is 5.19. The van der Waals surface area contributed by atoms with Crippen molar-refractivity contribution in [2.45, 2.75) is 26.8 Å². The average Bonchev–Trinajstić information content (AvgIpc) is 2.26. The third-order valence-corrected chi connectivity index (χ3v) is 3.12. The number of carboxylic acids is 1. The summed E-state index contributed by atoms with van der Waals surface area (Å²) in [5.74, 6) is -0.0499. The van der Waals surface area contributed by atoms with Gasteiger partial charge in [-0.1, -0.05) is 0 Å². The van der Waals surface area contributed by atoms with Crippen molar-refractivity contribution in [1.29, 1.82) is 0 Å². The van der Waals surface area contributed by atoms with Gasteiger partial charge in [0.1, 0.15) is 11.8 Å². The minimum Gasteiger partial charge on any atom is -0.496 e. The number of aliphatic carboxylic acids is 1. The number of aryl methyl sites for hydroxylation is 1. The summed E-state index contributed by atoms with van der Waals surface area (Å²) in [4.78, 5) is 11.2. The Morgan fingerprint density at radius 3 is 2.35 bits per heavy atom. The standard InChI is InChI=1S/C13H19NO3/c1-7-6-10(11(14-4)13(15)16)8(2)9(3)12(7)17-5/h6,11,14H,1-5H3,(H,15,16). The Labute approximate surface area is 102 Å². The number of carboxylic acid groups (broad SMARTS) is 1. The third-order valence-electron chi connectivity index (χ3n) is 3.12. The molecule has 0 bridgehead atoms. The average molecular weight is 237 g/mol. The van der Waals surface area contributed by atoms with Gasteiger partial charge in [0.05, 0.1) is 7.11 Å². The largest absolute Gasteiger partial charge is 0.496 e. The molecule has 94 valence electrons. The molecule has 1 atom stereocenters. The zero-order chi connectivity index (χ0) is 13.2. The van der Waals surface area contributed by atoms with Crippen LogP contribution in [0.2, 0.25) is 0 Å². The molecule has 17 heavy (non-hydrogen) atoms. The van der Waals surface area contributed by atoms with Crippen LogP contribution in [-0.4, -0.2) is 25.2 Å². The van der Waals surface area contributed by atoms with E-state index in [4.69, 9.17) is 9.84 Å². The molecule has 0 spiro atoms. The van der Waals surface area contributed by atoms with Crippen LogP contribution in [0.25, 0.3) is 0 Å². The third kappa shape index (κ3) is 2.42. The number of rotatable bonds is 4. The lowest BCUT2D eigenvalue weighted by Crippen LogP contribution is -2.26. The lowest BCUT2D eigenvalue weighted by molar-refractivity contribution is -0.139. The summed E-state index contributed by atoms with van der Waals surface area (Å²) >= 11 is 0. The summed E-state index contributed by atoms with van der Waals surface area (Å²) in [6.07, 6.45) is 0. The number of methoxy groups -OCH3 is 1. The van der Waals surface area contributed by atoms with Crippen LogP contribution < -0.4 is 10.1 Å². The van der Waals surface area contributed by atoms with E-state index in [-0.39, 0.29) is 0 Å². The van der Waals surface area contributed by atoms with E-state index in [0.717, 1.165) is 28.0 Å². The van der Waals surface area contributed by atoms with E-state index in [0.29, 0.717) is 0 Å². The van der Waals surface area contributed by atoms with Crippen molar-refractivity contribution in [1.82, 2.24) is 5.32 Å². The number of ether oxygens (including phenoxy) is 1. The fraction of sp³-hybridized carbons (Fsp3) is 0.462. The normalized spacial score (nSPS) is 12.3. The Hall–Kier alpha value is -1.55. The van der Waals surface area contributed by atoms with Gasteiger partial charge in [-0.05, 0) is 56.1 Å². The molecular formula is C13H19NO3. The molecule has 0 heterocycles. The van der Waals surface area contributed by atoms with Gasteiger partial charge in [0.15, 0.2) is 0 Å². The molecule has 0 fully saturated rings. The molecule has 0 saturated carbocycles. The molecule has 0 saturated heterocycles. The molecule has 0 radical (unpaired) electrons. The van der Waals surface area contributed by atoms with Crippen molar-refractivity contribution in [3.63, 3.8) is 0 Å². The van der Waals surface area contributed by atoms with E-state index < -0.39 is 12.0 Å². The van der Waals surface area contributed by atoms with Crippen LogP contribution in [-0.2, 0) is 4.79 Å². The van der Waals surface area contributed by atoms with Crippen LogP contribution >= 0.6 is 0 Å². The van der Waals surface area contributed by atoms with Crippen LogP contribution in [0.1, 0.15) is 28.3 Å². The fourth-order valence-electron chi connectivity index (χ4n) is 2.12. The second-order valence-corrected chi connectivity index (χ2v) is 4.13.